The molecule has 0 radical (unpaired) electrons. The summed E-state index contributed by atoms with van der Waals surface area (Å²) in [7, 11) is 0. The van der Waals surface area contributed by atoms with E-state index in [0.29, 0.717) is 0 Å². The number of Topliss-reactive ketones (excluding diaryl/α,β-unsaturated/α-hetero) is 1. The molecule has 0 unspecified atom stereocenters. The first-order valence-corrected chi connectivity index (χ1v) is 20.9. The van der Waals surface area contributed by atoms with Gasteiger partial charge in [0.2, 0.25) is 0 Å². The third-order valence-electron chi connectivity index (χ3n) is 5.87. The van der Waals surface area contributed by atoms with Crippen molar-refractivity contribution in [2.75, 3.05) is 0 Å². The van der Waals surface area contributed by atoms with Gasteiger partial charge in [0.1, 0.15) is 5.78 Å². The molecular weight excluding hydrogens is 899 g/mol. The van der Waals surface area contributed by atoms with Crippen LogP contribution in [0, 0.1) is 0 Å². The van der Waals surface area contributed by atoms with Crippen LogP contribution < -0.4 is 55.6 Å². The van der Waals surface area contributed by atoms with Crippen molar-refractivity contribution in [2.45, 2.75) is 13.8 Å². The molecule has 6 rings (SSSR count). The van der Waals surface area contributed by atoms with Gasteiger partial charge in [0.05, 0.1) is 0 Å². The van der Waals surface area contributed by atoms with Gasteiger partial charge in [-0.05, 0) is 13.8 Å². The fraction of sp³-hybridized carbons (Fsp3) is 0.0513. The van der Waals surface area contributed by atoms with Crippen molar-refractivity contribution in [3.8, 4) is 0 Å². The number of carbonyl (C=O) groups is 1. The van der Waals surface area contributed by atoms with Crippen LogP contribution in [-0.4, -0.2) is 44.9 Å². The SMILES string of the molecule is CC(C)=O.[Br-].[Br-].c1ccc([Te+](c2ccccc2)c2ccccc2)cc1.c1ccc([Te+](c2ccccc2)c2ccccc2)cc1. The van der Waals surface area contributed by atoms with Crippen LogP contribution in [-0.2, 0) is 4.79 Å². The molecule has 224 valence electrons. The van der Waals surface area contributed by atoms with Gasteiger partial charge in [-0.1, -0.05) is 0 Å². The monoisotopic (exact) mass is 938 g/mol. The van der Waals surface area contributed by atoms with E-state index in [9.17, 15) is 4.79 Å². The Labute approximate surface area is 298 Å². The number of hydrogen-bond donors (Lipinski definition) is 0. The minimum absolute atomic E-state index is 0. The van der Waals surface area contributed by atoms with Crippen molar-refractivity contribution in [1.29, 1.82) is 0 Å². The second kappa shape index (κ2) is 21.3. The number of carbonyl (C=O) groups excluding carboxylic acids is 1. The molecule has 0 saturated heterocycles. The van der Waals surface area contributed by atoms with Crippen LogP contribution in [0.3, 0.4) is 0 Å². The van der Waals surface area contributed by atoms with E-state index in [-0.39, 0.29) is 39.7 Å². The first kappa shape index (κ1) is 37.7. The third-order valence-corrected chi connectivity index (χ3v) is 18.6. The minimum atomic E-state index is -1.67. The third kappa shape index (κ3) is 12.1. The zero-order valence-electron chi connectivity index (χ0n) is 24.8. The van der Waals surface area contributed by atoms with Crippen LogP contribution >= 0.6 is 0 Å². The Morgan fingerprint density at radius 1 is 0.318 bits per heavy atom. The van der Waals surface area contributed by atoms with Crippen LogP contribution in [0.5, 0.6) is 0 Å². The van der Waals surface area contributed by atoms with Gasteiger partial charge in [0, 0.05) is 0 Å². The maximum atomic E-state index is 9.44. The second-order valence-corrected chi connectivity index (χ2v) is 21.0. The standard InChI is InChI=1S/2C18H15Te.C3H6O.2BrH/c2*1-4-10-16(11-5-1)19(17-12-6-2-7-13-17)18-14-8-3-9-15-18;1-3(2)4;;/h2*1-15H;1-2H3;2*1H/q2*+1;;;/p-2. The van der Waals surface area contributed by atoms with Gasteiger partial charge < -0.3 is 38.8 Å². The van der Waals surface area contributed by atoms with E-state index in [4.69, 9.17) is 0 Å². The molecule has 0 aliphatic heterocycles. The Balaban J connectivity index is 0.000000263. The van der Waals surface area contributed by atoms with Gasteiger partial charge in [0.15, 0.2) is 0 Å². The second-order valence-electron chi connectivity index (χ2n) is 9.40. The molecule has 0 aliphatic carbocycles. The van der Waals surface area contributed by atoms with E-state index < -0.39 is 39.1 Å². The first-order valence-electron chi connectivity index (χ1n) is 13.9. The summed E-state index contributed by atoms with van der Waals surface area (Å²) in [5.41, 5.74) is 0. The molecule has 0 bridgehead atoms. The van der Waals surface area contributed by atoms with Crippen LogP contribution in [0.25, 0.3) is 0 Å². The molecular formula is C39H36Br2OTe2. The summed E-state index contributed by atoms with van der Waals surface area (Å²) in [6, 6.07) is 65.6. The fourth-order valence-electron chi connectivity index (χ4n) is 4.16. The Kier molecular flexibility index (Phi) is 18.3. The summed E-state index contributed by atoms with van der Waals surface area (Å²) in [5.74, 6) is 0.167. The van der Waals surface area contributed by atoms with Crippen molar-refractivity contribution in [2.24, 2.45) is 0 Å². The summed E-state index contributed by atoms with van der Waals surface area (Å²) in [6.45, 7) is 3.06. The normalized spacial score (nSPS) is 9.73. The van der Waals surface area contributed by atoms with Crippen molar-refractivity contribution >= 4 is 66.6 Å². The molecule has 0 spiro atoms. The van der Waals surface area contributed by atoms with E-state index in [2.05, 4.69) is 182 Å². The molecule has 6 aromatic rings. The predicted molar refractivity (Wildman–Crippen MR) is 184 cm³/mol. The van der Waals surface area contributed by atoms with Gasteiger partial charge in [-0.3, -0.25) is 0 Å². The Morgan fingerprint density at radius 2 is 0.432 bits per heavy atom. The summed E-state index contributed by atoms with van der Waals surface area (Å²) >= 11 is -3.34. The molecule has 0 amide bonds. The molecule has 0 atom stereocenters. The summed E-state index contributed by atoms with van der Waals surface area (Å²) in [6.07, 6.45) is 0. The zero-order valence-corrected chi connectivity index (χ0v) is 32.6. The van der Waals surface area contributed by atoms with Crippen molar-refractivity contribution in [3.63, 3.8) is 0 Å². The summed E-state index contributed by atoms with van der Waals surface area (Å²) in [4.78, 5) is 9.44. The molecule has 0 fully saturated rings. The van der Waals surface area contributed by atoms with Crippen LogP contribution in [0.2, 0.25) is 0 Å². The summed E-state index contributed by atoms with van der Waals surface area (Å²) in [5, 5.41) is 0. The van der Waals surface area contributed by atoms with Crippen molar-refractivity contribution in [1.82, 2.24) is 0 Å². The summed E-state index contributed by atoms with van der Waals surface area (Å²) < 4.78 is 9.02. The quantitative estimate of drug-likeness (QED) is 0.197. The van der Waals surface area contributed by atoms with Gasteiger partial charge >= 0.3 is 243 Å². The number of rotatable bonds is 6. The average molecular weight is 936 g/mol. The van der Waals surface area contributed by atoms with Crippen molar-refractivity contribution in [3.05, 3.63) is 182 Å². The van der Waals surface area contributed by atoms with Crippen LogP contribution in [0.4, 0.5) is 0 Å². The van der Waals surface area contributed by atoms with E-state index in [1.807, 2.05) is 0 Å². The van der Waals surface area contributed by atoms with Crippen LogP contribution in [0.1, 0.15) is 13.8 Å². The molecule has 0 N–H and O–H groups in total. The fourth-order valence-corrected chi connectivity index (χ4v) is 16.2. The molecule has 0 aliphatic rings. The molecule has 44 heavy (non-hydrogen) atoms. The Morgan fingerprint density at radius 3 is 0.545 bits per heavy atom. The van der Waals surface area contributed by atoms with Gasteiger partial charge in [0.25, 0.3) is 0 Å². The number of ketones is 1. The van der Waals surface area contributed by atoms with Gasteiger partial charge in [-0.2, -0.15) is 0 Å². The average Bonchev–Trinajstić information content (AvgIpc) is 3.05. The number of halogens is 2. The van der Waals surface area contributed by atoms with Gasteiger partial charge in [-0.15, -0.1) is 0 Å². The number of benzene rings is 6. The molecule has 0 saturated carbocycles. The molecule has 0 aromatic heterocycles. The van der Waals surface area contributed by atoms with E-state index in [1.54, 1.807) is 0 Å². The molecule has 1 nitrogen and oxygen atoms in total. The van der Waals surface area contributed by atoms with Crippen molar-refractivity contribution < 1.29 is 38.8 Å². The van der Waals surface area contributed by atoms with Gasteiger partial charge in [-0.25, -0.2) is 0 Å². The van der Waals surface area contributed by atoms with Crippen LogP contribution in [0.15, 0.2) is 182 Å². The first-order chi connectivity index (χ1) is 20.6. The van der Waals surface area contributed by atoms with E-state index in [0.717, 1.165) is 0 Å². The number of hydrogen-bond acceptors (Lipinski definition) is 1. The maximum absolute atomic E-state index is 9.44. The van der Waals surface area contributed by atoms with E-state index >= 15 is 0 Å². The Hall–Kier alpha value is -2.47. The molecule has 5 heteroatoms. The zero-order chi connectivity index (χ0) is 29.4. The molecule has 0 heterocycles. The van der Waals surface area contributed by atoms with E-state index in [1.165, 1.54) is 35.5 Å². The molecule has 6 aromatic carbocycles. The Bertz CT molecular complexity index is 1280. The topological polar surface area (TPSA) is 17.1 Å². The predicted octanol–water partition coefficient (Wildman–Crippen LogP) is -0.991.